The normalized spacial score (nSPS) is 10.2. The lowest BCUT2D eigenvalue weighted by molar-refractivity contribution is -0.385. The van der Waals surface area contributed by atoms with Crippen LogP contribution < -0.4 is 10.1 Å². The number of carbonyl (C=O) groups is 2. The van der Waals surface area contributed by atoms with Crippen LogP contribution in [0, 0.1) is 20.6 Å². The molecule has 0 aliphatic carbocycles. The summed E-state index contributed by atoms with van der Waals surface area (Å²) >= 11 is 1.97. The van der Waals surface area contributed by atoms with Crippen LogP contribution in [-0.2, 0) is 9.53 Å². The van der Waals surface area contributed by atoms with Gasteiger partial charge in [-0.05, 0) is 53.3 Å². The first-order chi connectivity index (χ1) is 12.7. The van der Waals surface area contributed by atoms with Gasteiger partial charge in [0.05, 0.1) is 12.0 Å². The van der Waals surface area contributed by atoms with Gasteiger partial charge in [0, 0.05) is 21.4 Å². The van der Waals surface area contributed by atoms with Crippen molar-refractivity contribution in [1.82, 2.24) is 0 Å². The largest absolute Gasteiger partial charge is 0.507 e. The number of hydrogen-bond acceptors (Lipinski definition) is 7. The molecule has 0 bridgehead atoms. The maximum atomic E-state index is 12.0. The molecule has 2 N–H and O–H groups in total. The van der Waals surface area contributed by atoms with Crippen molar-refractivity contribution in [3.8, 4) is 11.5 Å². The highest BCUT2D eigenvalue weighted by molar-refractivity contribution is 14.1. The summed E-state index contributed by atoms with van der Waals surface area (Å²) in [6.07, 6.45) is 0. The van der Waals surface area contributed by atoms with Gasteiger partial charge in [-0.2, -0.15) is 0 Å². The fraction of sp³-hybridized carbons (Fsp3) is 0.176. The average molecular weight is 486 g/mol. The Hall–Kier alpha value is -2.89. The SMILES string of the molecule is COc1cc(NC(=O)COC(=O)c2cc(I)ccc2O)c(C)cc1[N+](=O)[O-]. The quantitative estimate of drug-likeness (QED) is 0.278. The van der Waals surface area contributed by atoms with Crippen LogP contribution in [0.4, 0.5) is 11.4 Å². The van der Waals surface area contributed by atoms with Gasteiger partial charge >= 0.3 is 11.7 Å². The summed E-state index contributed by atoms with van der Waals surface area (Å²) < 4.78 is 10.6. The molecule has 27 heavy (non-hydrogen) atoms. The van der Waals surface area contributed by atoms with Crippen molar-refractivity contribution in [3.63, 3.8) is 0 Å². The molecule has 9 nitrogen and oxygen atoms in total. The molecule has 0 saturated heterocycles. The number of ether oxygens (including phenoxy) is 2. The summed E-state index contributed by atoms with van der Waals surface area (Å²) in [5.74, 6) is -1.76. The van der Waals surface area contributed by atoms with E-state index in [0.29, 0.717) is 5.56 Å². The number of aromatic hydroxyl groups is 1. The number of nitro groups is 1. The second-order valence-corrected chi connectivity index (χ2v) is 6.63. The minimum Gasteiger partial charge on any atom is -0.507 e. The van der Waals surface area contributed by atoms with Crippen LogP contribution in [-0.4, -0.2) is 35.6 Å². The number of hydrogen-bond donors (Lipinski definition) is 2. The maximum absolute atomic E-state index is 12.0. The lowest BCUT2D eigenvalue weighted by Gasteiger charge is -2.11. The molecule has 1 amide bonds. The Morgan fingerprint density at radius 1 is 1.30 bits per heavy atom. The van der Waals surface area contributed by atoms with Crippen molar-refractivity contribution in [1.29, 1.82) is 0 Å². The fourth-order valence-electron chi connectivity index (χ4n) is 2.18. The van der Waals surface area contributed by atoms with E-state index in [1.165, 1.54) is 31.4 Å². The first-order valence-electron chi connectivity index (χ1n) is 7.51. The van der Waals surface area contributed by atoms with Crippen LogP contribution in [0.2, 0.25) is 0 Å². The highest BCUT2D eigenvalue weighted by atomic mass is 127. The number of anilines is 1. The third-order valence-corrected chi connectivity index (χ3v) is 4.18. The van der Waals surface area contributed by atoms with Gasteiger partial charge in [0.25, 0.3) is 5.91 Å². The average Bonchev–Trinajstić information content (AvgIpc) is 2.62. The van der Waals surface area contributed by atoms with Gasteiger partial charge in [-0.3, -0.25) is 14.9 Å². The number of nitrogens with one attached hydrogen (secondary N) is 1. The Kier molecular flexibility index (Phi) is 6.55. The molecule has 0 spiro atoms. The molecule has 10 heteroatoms. The number of methoxy groups -OCH3 is 1. The van der Waals surface area contributed by atoms with E-state index in [4.69, 9.17) is 9.47 Å². The minimum atomic E-state index is -0.848. The van der Waals surface area contributed by atoms with Gasteiger partial charge < -0.3 is 19.9 Å². The molecule has 0 heterocycles. The number of rotatable bonds is 6. The molecular formula is C17H15IN2O7. The summed E-state index contributed by atoms with van der Waals surface area (Å²) in [5.41, 5.74) is 0.449. The van der Waals surface area contributed by atoms with E-state index >= 15 is 0 Å². The lowest BCUT2D eigenvalue weighted by atomic mass is 10.1. The number of phenolic OH excluding ortho intramolecular Hbond substituents is 1. The van der Waals surface area contributed by atoms with E-state index in [1.54, 1.807) is 13.0 Å². The van der Waals surface area contributed by atoms with Crippen molar-refractivity contribution in [2.24, 2.45) is 0 Å². The number of benzene rings is 2. The number of carbonyl (C=O) groups excluding carboxylic acids is 2. The molecule has 0 atom stereocenters. The van der Waals surface area contributed by atoms with Crippen LogP contribution in [0.15, 0.2) is 30.3 Å². The number of halogens is 1. The predicted octanol–water partition coefficient (Wildman–Crippen LogP) is 3.02. The third-order valence-electron chi connectivity index (χ3n) is 3.51. The summed E-state index contributed by atoms with van der Waals surface area (Å²) in [7, 11) is 1.28. The highest BCUT2D eigenvalue weighted by Crippen LogP contribution is 2.32. The Morgan fingerprint density at radius 2 is 2.00 bits per heavy atom. The Morgan fingerprint density at radius 3 is 2.63 bits per heavy atom. The van der Waals surface area contributed by atoms with Gasteiger partial charge in [-0.15, -0.1) is 0 Å². The van der Waals surface area contributed by atoms with Crippen molar-refractivity contribution in [3.05, 3.63) is 55.1 Å². The van der Waals surface area contributed by atoms with E-state index in [2.05, 4.69) is 5.32 Å². The first kappa shape index (κ1) is 20.4. The smallest absolute Gasteiger partial charge is 0.342 e. The molecule has 2 aromatic rings. The van der Waals surface area contributed by atoms with Gasteiger partial charge in [0.15, 0.2) is 12.4 Å². The van der Waals surface area contributed by atoms with Crippen LogP contribution in [0.5, 0.6) is 11.5 Å². The molecule has 2 rings (SSSR count). The fourth-order valence-corrected chi connectivity index (χ4v) is 2.67. The zero-order valence-electron chi connectivity index (χ0n) is 14.3. The molecule has 0 aliphatic heterocycles. The lowest BCUT2D eigenvalue weighted by Crippen LogP contribution is -2.21. The van der Waals surface area contributed by atoms with E-state index in [0.717, 1.165) is 3.57 Å². The Bertz CT molecular complexity index is 914. The minimum absolute atomic E-state index is 0.0123. The van der Waals surface area contributed by atoms with Crippen LogP contribution in [0.3, 0.4) is 0 Å². The number of nitro benzene ring substituents is 1. The maximum Gasteiger partial charge on any atom is 0.342 e. The summed E-state index contributed by atoms with van der Waals surface area (Å²) in [5, 5.41) is 23.2. The molecule has 142 valence electrons. The molecular weight excluding hydrogens is 471 g/mol. The van der Waals surface area contributed by atoms with Crippen molar-refractivity contribution in [2.75, 3.05) is 19.0 Å². The standard InChI is InChI=1S/C17H15IN2O7/c1-9-5-13(20(24)25)15(26-2)7-12(9)19-16(22)8-27-17(23)11-6-10(18)3-4-14(11)21/h3-7,21H,8H2,1-2H3,(H,19,22). The van der Waals surface area contributed by atoms with Gasteiger partial charge in [-0.25, -0.2) is 4.79 Å². The summed E-state index contributed by atoms with van der Waals surface area (Å²) in [6.45, 7) is 0.987. The van der Waals surface area contributed by atoms with Gasteiger partial charge in [0.2, 0.25) is 0 Å². The van der Waals surface area contributed by atoms with Crippen LogP contribution >= 0.6 is 22.6 Å². The molecule has 0 aliphatic rings. The van der Waals surface area contributed by atoms with E-state index in [1.807, 2.05) is 22.6 Å². The van der Waals surface area contributed by atoms with Crippen molar-refractivity contribution in [2.45, 2.75) is 6.92 Å². The third kappa shape index (κ3) is 5.06. The molecule has 0 unspecified atom stereocenters. The van der Waals surface area contributed by atoms with Gasteiger partial charge in [-0.1, -0.05) is 0 Å². The number of nitrogens with zero attached hydrogens (tertiary/aromatic N) is 1. The Labute approximate surface area is 167 Å². The van der Waals surface area contributed by atoms with E-state index in [9.17, 15) is 24.8 Å². The van der Waals surface area contributed by atoms with Crippen LogP contribution in [0.25, 0.3) is 0 Å². The summed E-state index contributed by atoms with van der Waals surface area (Å²) in [4.78, 5) is 34.4. The second-order valence-electron chi connectivity index (χ2n) is 5.38. The highest BCUT2D eigenvalue weighted by Gasteiger charge is 2.19. The molecule has 0 fully saturated rings. The molecule has 0 saturated carbocycles. The van der Waals surface area contributed by atoms with Crippen LogP contribution in [0.1, 0.15) is 15.9 Å². The first-order valence-corrected chi connectivity index (χ1v) is 8.59. The topological polar surface area (TPSA) is 128 Å². The monoisotopic (exact) mass is 486 g/mol. The van der Waals surface area contributed by atoms with E-state index < -0.39 is 23.4 Å². The van der Waals surface area contributed by atoms with Gasteiger partial charge in [0.1, 0.15) is 11.3 Å². The zero-order valence-corrected chi connectivity index (χ0v) is 16.5. The molecule has 0 aromatic heterocycles. The molecule has 2 aromatic carbocycles. The summed E-state index contributed by atoms with van der Waals surface area (Å²) in [6, 6.07) is 6.99. The van der Waals surface area contributed by atoms with E-state index in [-0.39, 0.29) is 28.4 Å². The van der Waals surface area contributed by atoms with Crippen molar-refractivity contribution >= 4 is 45.8 Å². The predicted molar refractivity (Wildman–Crippen MR) is 104 cm³/mol. The number of phenols is 1. The zero-order chi connectivity index (χ0) is 20.1. The van der Waals surface area contributed by atoms with Crippen molar-refractivity contribution < 1.29 is 29.1 Å². The Balaban J connectivity index is 2.06. The number of amides is 1. The number of aryl methyl sites for hydroxylation is 1. The number of esters is 1. The second kappa shape index (κ2) is 8.66. The molecule has 0 radical (unpaired) electrons.